The smallest absolute Gasteiger partial charge is 0.227 e. The van der Waals surface area contributed by atoms with Crippen LogP contribution in [0.1, 0.15) is 6.92 Å². The van der Waals surface area contributed by atoms with Crippen molar-refractivity contribution in [3.8, 4) is 6.07 Å². The Bertz CT molecular complexity index is 129. The number of nitriles is 1. The van der Waals surface area contributed by atoms with E-state index in [1.165, 1.54) is 0 Å². The lowest BCUT2D eigenvalue weighted by molar-refractivity contribution is -0.115. The van der Waals surface area contributed by atoms with Crippen LogP contribution >= 0.6 is 22.6 Å². The minimum absolute atomic E-state index is 0.259. The molecule has 0 rings (SSSR count). The number of carbonyl (C=O) groups excluding carboxylic acids is 1. The second-order valence-corrected chi connectivity index (χ2v) is 2.28. The number of alkyl halides is 1. The average molecular weight is 255 g/mol. The fraction of sp³-hybridized carbons (Fsp3) is 0.600. The zero-order valence-electron chi connectivity index (χ0n) is 5.67. The summed E-state index contributed by atoms with van der Waals surface area (Å²) in [5.74, 6) is -0.259. The Balaban J connectivity index is 0. The van der Waals surface area contributed by atoms with Crippen LogP contribution in [0.3, 0.4) is 0 Å². The first-order valence-electron chi connectivity index (χ1n) is 2.54. The molecule has 1 atom stereocenters. The SMILES string of the molecule is CC(N)C#N.NC(=O)CI. The van der Waals surface area contributed by atoms with E-state index >= 15 is 0 Å². The number of halogens is 1. The van der Waals surface area contributed by atoms with E-state index in [1.807, 2.05) is 22.6 Å². The minimum Gasteiger partial charge on any atom is -0.369 e. The van der Waals surface area contributed by atoms with E-state index in [1.54, 1.807) is 13.0 Å². The van der Waals surface area contributed by atoms with Crippen molar-refractivity contribution in [2.75, 3.05) is 4.43 Å². The average Bonchev–Trinajstić information content (AvgIpc) is 1.89. The summed E-state index contributed by atoms with van der Waals surface area (Å²) >= 11 is 1.90. The molecular formula is C5H10IN3O. The van der Waals surface area contributed by atoms with Crippen molar-refractivity contribution in [3.63, 3.8) is 0 Å². The van der Waals surface area contributed by atoms with E-state index in [2.05, 4.69) is 5.73 Å². The second-order valence-electron chi connectivity index (χ2n) is 1.52. The zero-order chi connectivity index (χ0) is 8.57. The van der Waals surface area contributed by atoms with Gasteiger partial charge in [0, 0.05) is 0 Å². The highest BCUT2D eigenvalue weighted by molar-refractivity contribution is 14.1. The number of hydrogen-bond acceptors (Lipinski definition) is 3. The number of carbonyl (C=O) groups is 1. The van der Waals surface area contributed by atoms with E-state index in [0.717, 1.165) is 0 Å². The van der Waals surface area contributed by atoms with E-state index in [0.29, 0.717) is 4.43 Å². The van der Waals surface area contributed by atoms with Gasteiger partial charge in [0.1, 0.15) is 0 Å². The maximum atomic E-state index is 9.58. The molecule has 0 aromatic carbocycles. The molecule has 58 valence electrons. The summed E-state index contributed by atoms with van der Waals surface area (Å²) in [5, 5.41) is 7.77. The molecule has 0 fully saturated rings. The fourth-order valence-corrected chi connectivity index (χ4v) is 0. The van der Waals surface area contributed by atoms with Gasteiger partial charge in [0.15, 0.2) is 0 Å². The highest BCUT2D eigenvalue weighted by atomic mass is 127. The first-order chi connectivity index (χ1) is 4.54. The Morgan fingerprint density at radius 2 is 2.10 bits per heavy atom. The highest BCUT2D eigenvalue weighted by Crippen LogP contribution is 1.72. The van der Waals surface area contributed by atoms with E-state index < -0.39 is 0 Å². The molecule has 0 aliphatic rings. The summed E-state index contributed by atoms with van der Waals surface area (Å²) in [4.78, 5) is 9.58. The molecule has 0 saturated carbocycles. The third-order valence-corrected chi connectivity index (χ3v) is 1.09. The Hall–Kier alpha value is -0.350. The number of primary amides is 1. The third kappa shape index (κ3) is 25.4. The van der Waals surface area contributed by atoms with Gasteiger partial charge >= 0.3 is 0 Å². The van der Waals surface area contributed by atoms with Crippen LogP contribution in [0.4, 0.5) is 0 Å². The molecule has 0 spiro atoms. The van der Waals surface area contributed by atoms with Gasteiger partial charge in [-0.05, 0) is 6.92 Å². The van der Waals surface area contributed by atoms with Gasteiger partial charge in [-0.2, -0.15) is 5.26 Å². The van der Waals surface area contributed by atoms with Crippen molar-refractivity contribution < 1.29 is 4.79 Å². The number of rotatable bonds is 1. The van der Waals surface area contributed by atoms with Gasteiger partial charge in [-0.15, -0.1) is 0 Å². The molecule has 1 amide bonds. The van der Waals surface area contributed by atoms with Gasteiger partial charge in [-0.3, -0.25) is 4.79 Å². The van der Waals surface area contributed by atoms with E-state index in [-0.39, 0.29) is 11.9 Å². The molecule has 0 bridgehead atoms. The largest absolute Gasteiger partial charge is 0.369 e. The molecule has 0 heterocycles. The summed E-state index contributed by atoms with van der Waals surface area (Å²) in [7, 11) is 0. The summed E-state index contributed by atoms with van der Waals surface area (Å²) in [6.07, 6.45) is 0. The maximum Gasteiger partial charge on any atom is 0.227 e. The van der Waals surface area contributed by atoms with Gasteiger partial charge in [0.25, 0.3) is 0 Å². The van der Waals surface area contributed by atoms with E-state index in [4.69, 9.17) is 11.0 Å². The van der Waals surface area contributed by atoms with Crippen LogP contribution in [-0.2, 0) is 4.79 Å². The molecule has 0 aliphatic carbocycles. The lowest BCUT2D eigenvalue weighted by Gasteiger charge is -1.78. The maximum absolute atomic E-state index is 9.58. The Labute approximate surface area is 73.7 Å². The topological polar surface area (TPSA) is 92.9 Å². The summed E-state index contributed by atoms with van der Waals surface area (Å²) in [6.45, 7) is 1.64. The lowest BCUT2D eigenvalue weighted by atomic mass is 10.4. The molecular weight excluding hydrogens is 245 g/mol. The predicted molar refractivity (Wildman–Crippen MR) is 47.3 cm³/mol. The van der Waals surface area contributed by atoms with Gasteiger partial charge in [-0.25, -0.2) is 0 Å². The fourth-order valence-electron chi connectivity index (χ4n) is 0. The summed E-state index contributed by atoms with van der Waals surface area (Å²) in [6, 6.07) is 1.50. The first-order valence-corrected chi connectivity index (χ1v) is 4.06. The van der Waals surface area contributed by atoms with Crippen molar-refractivity contribution in [3.05, 3.63) is 0 Å². The van der Waals surface area contributed by atoms with Crippen LogP contribution in [0.15, 0.2) is 0 Å². The summed E-state index contributed by atoms with van der Waals surface area (Å²) < 4.78 is 0.414. The Kier molecular flexibility index (Phi) is 10.7. The standard InChI is InChI=1S/C3H6N2.C2H4INO/c1-3(5)2-4;3-1-2(4)5/h3H,5H2,1H3;1H2,(H2,4,5). The quantitative estimate of drug-likeness (QED) is 0.500. The predicted octanol–water partition coefficient (Wildman–Crippen LogP) is -0.236. The van der Waals surface area contributed by atoms with Crippen LogP contribution in [-0.4, -0.2) is 16.4 Å². The molecule has 0 aliphatic heterocycles. The normalized spacial score (nSPS) is 10.2. The van der Waals surface area contributed by atoms with Gasteiger partial charge in [0.2, 0.25) is 5.91 Å². The van der Waals surface area contributed by atoms with Gasteiger partial charge < -0.3 is 11.5 Å². The van der Waals surface area contributed by atoms with Crippen molar-refractivity contribution in [2.24, 2.45) is 11.5 Å². The van der Waals surface area contributed by atoms with Crippen LogP contribution in [0, 0.1) is 11.3 Å². The van der Waals surface area contributed by atoms with Crippen LogP contribution < -0.4 is 11.5 Å². The van der Waals surface area contributed by atoms with Crippen molar-refractivity contribution in [1.82, 2.24) is 0 Å². The van der Waals surface area contributed by atoms with Crippen molar-refractivity contribution >= 4 is 28.5 Å². The Morgan fingerprint density at radius 3 is 2.10 bits per heavy atom. The van der Waals surface area contributed by atoms with Gasteiger partial charge in [0.05, 0.1) is 16.5 Å². The lowest BCUT2D eigenvalue weighted by Crippen LogP contribution is -2.10. The molecule has 4 N–H and O–H groups in total. The number of nitrogens with zero attached hydrogens (tertiary/aromatic N) is 1. The van der Waals surface area contributed by atoms with Crippen LogP contribution in [0.5, 0.6) is 0 Å². The van der Waals surface area contributed by atoms with Crippen LogP contribution in [0.2, 0.25) is 0 Å². The monoisotopic (exact) mass is 255 g/mol. The molecule has 0 radical (unpaired) electrons. The third-order valence-electron chi connectivity index (χ3n) is 0.335. The molecule has 1 unspecified atom stereocenters. The second kappa shape index (κ2) is 8.65. The van der Waals surface area contributed by atoms with E-state index in [9.17, 15) is 4.79 Å². The molecule has 5 heteroatoms. The number of nitrogens with two attached hydrogens (primary N) is 2. The number of amides is 1. The van der Waals surface area contributed by atoms with Crippen molar-refractivity contribution in [2.45, 2.75) is 13.0 Å². The first kappa shape index (κ1) is 12.3. The zero-order valence-corrected chi connectivity index (χ0v) is 7.83. The highest BCUT2D eigenvalue weighted by Gasteiger charge is 1.79. The minimum atomic E-state index is -0.310. The van der Waals surface area contributed by atoms with Crippen molar-refractivity contribution in [1.29, 1.82) is 5.26 Å². The summed E-state index contributed by atoms with van der Waals surface area (Å²) in [5.41, 5.74) is 9.58. The Morgan fingerprint density at radius 1 is 1.90 bits per heavy atom. The molecule has 10 heavy (non-hydrogen) atoms. The molecule has 4 nitrogen and oxygen atoms in total. The number of hydrogen-bond donors (Lipinski definition) is 2. The molecule has 0 saturated heterocycles. The molecule has 0 aromatic rings. The molecule has 0 aromatic heterocycles. The van der Waals surface area contributed by atoms with Crippen LogP contribution in [0.25, 0.3) is 0 Å². The van der Waals surface area contributed by atoms with Gasteiger partial charge in [-0.1, -0.05) is 22.6 Å².